The predicted molar refractivity (Wildman–Crippen MR) is 107 cm³/mol. The molecule has 3 aromatic rings. The van der Waals surface area contributed by atoms with Gasteiger partial charge in [0.2, 0.25) is 0 Å². The molecule has 0 amide bonds. The van der Waals surface area contributed by atoms with E-state index in [9.17, 15) is 0 Å². The van der Waals surface area contributed by atoms with Gasteiger partial charge < -0.3 is 20.2 Å². The van der Waals surface area contributed by atoms with E-state index in [-0.39, 0.29) is 0 Å². The lowest BCUT2D eigenvalue weighted by Gasteiger charge is -2.14. The maximum atomic E-state index is 5.69. The van der Waals surface area contributed by atoms with Gasteiger partial charge in [-0.3, -0.25) is 0 Å². The maximum absolute atomic E-state index is 5.69. The largest absolute Gasteiger partial charge is 0.496 e. The predicted octanol–water partition coefficient (Wildman–Crippen LogP) is 4.90. The summed E-state index contributed by atoms with van der Waals surface area (Å²) in [7, 11) is 3.37. The average Bonchev–Trinajstić information content (AvgIpc) is 3.01. The van der Waals surface area contributed by atoms with Crippen LogP contribution in [-0.2, 0) is 6.42 Å². The maximum Gasteiger partial charge on any atom is 0.131 e. The van der Waals surface area contributed by atoms with Crippen LogP contribution in [0.5, 0.6) is 11.5 Å². The van der Waals surface area contributed by atoms with E-state index in [1.165, 1.54) is 10.9 Å². The van der Waals surface area contributed by atoms with E-state index in [0.717, 1.165) is 52.0 Å². The topological polar surface area (TPSA) is 60.3 Å². The van der Waals surface area contributed by atoms with Crippen molar-refractivity contribution in [2.24, 2.45) is 5.73 Å². The van der Waals surface area contributed by atoms with Crippen molar-refractivity contribution >= 4 is 26.8 Å². The van der Waals surface area contributed by atoms with Crippen LogP contribution in [0.15, 0.2) is 40.9 Å². The van der Waals surface area contributed by atoms with Crippen molar-refractivity contribution in [3.8, 4) is 22.8 Å². The zero-order valence-electron chi connectivity index (χ0n) is 14.6. The second kappa shape index (κ2) is 7.93. The first-order valence-corrected chi connectivity index (χ1v) is 9.21. The van der Waals surface area contributed by atoms with Crippen molar-refractivity contribution in [1.29, 1.82) is 0 Å². The summed E-state index contributed by atoms with van der Waals surface area (Å²) in [5.41, 5.74) is 10.1. The zero-order chi connectivity index (χ0) is 17.8. The van der Waals surface area contributed by atoms with E-state index in [1.54, 1.807) is 14.2 Å². The number of hydrogen-bond acceptors (Lipinski definition) is 3. The molecule has 25 heavy (non-hydrogen) atoms. The number of nitrogens with two attached hydrogens (primary N) is 1. The Labute approximate surface area is 156 Å². The summed E-state index contributed by atoms with van der Waals surface area (Å²) in [6.07, 6.45) is 2.99. The smallest absolute Gasteiger partial charge is 0.131 e. The Kier molecular flexibility index (Phi) is 5.66. The number of methoxy groups -OCH3 is 2. The fraction of sp³-hybridized carbons (Fsp3) is 0.300. The van der Waals surface area contributed by atoms with Crippen LogP contribution in [0.4, 0.5) is 0 Å². The number of nitrogens with one attached hydrogen (secondary N) is 1. The quantitative estimate of drug-likeness (QED) is 0.552. The van der Waals surface area contributed by atoms with E-state index < -0.39 is 0 Å². The van der Waals surface area contributed by atoms with Crippen LogP contribution in [0.2, 0.25) is 0 Å². The molecule has 3 N–H and O–H groups in total. The molecule has 0 aliphatic rings. The van der Waals surface area contributed by atoms with Gasteiger partial charge in [-0.25, -0.2) is 0 Å². The van der Waals surface area contributed by atoms with Crippen molar-refractivity contribution in [3.05, 3.63) is 46.4 Å². The minimum Gasteiger partial charge on any atom is -0.496 e. The van der Waals surface area contributed by atoms with Crippen LogP contribution in [-0.4, -0.2) is 25.7 Å². The van der Waals surface area contributed by atoms with Crippen LogP contribution in [0, 0.1) is 0 Å². The van der Waals surface area contributed by atoms with Crippen molar-refractivity contribution in [2.75, 3.05) is 20.8 Å². The summed E-state index contributed by atoms with van der Waals surface area (Å²) < 4.78 is 12.3. The molecule has 4 nitrogen and oxygen atoms in total. The van der Waals surface area contributed by atoms with E-state index in [0.29, 0.717) is 6.54 Å². The molecule has 0 fully saturated rings. The normalized spacial score (nSPS) is 11.0. The molecular weight excluding hydrogens is 380 g/mol. The SMILES string of the molecule is COc1cccc(OC)c1-c1[nH]c2c(Br)cccc2c1CCCCN. The number of benzene rings is 2. The molecule has 1 heterocycles. The first kappa shape index (κ1) is 17.8. The fourth-order valence-electron chi connectivity index (χ4n) is 3.25. The number of fused-ring (bicyclic) bond motifs is 1. The van der Waals surface area contributed by atoms with Crippen molar-refractivity contribution in [1.82, 2.24) is 4.98 Å². The molecule has 0 radical (unpaired) electrons. The Hall–Kier alpha value is -1.98. The third kappa shape index (κ3) is 3.39. The van der Waals surface area contributed by atoms with Gasteiger partial charge in [0.1, 0.15) is 11.5 Å². The van der Waals surface area contributed by atoms with Gasteiger partial charge in [-0.05, 0) is 65.5 Å². The number of para-hydroxylation sites is 1. The Morgan fingerprint density at radius 2 is 1.68 bits per heavy atom. The molecule has 2 aromatic carbocycles. The van der Waals surface area contributed by atoms with Crippen LogP contribution >= 0.6 is 15.9 Å². The van der Waals surface area contributed by atoms with E-state index in [4.69, 9.17) is 15.2 Å². The molecule has 0 saturated heterocycles. The number of aromatic amines is 1. The molecule has 5 heteroatoms. The van der Waals surface area contributed by atoms with Crippen molar-refractivity contribution < 1.29 is 9.47 Å². The fourth-order valence-corrected chi connectivity index (χ4v) is 3.72. The minimum absolute atomic E-state index is 0.708. The molecule has 132 valence electrons. The second-order valence-corrected chi connectivity index (χ2v) is 6.78. The van der Waals surface area contributed by atoms with Gasteiger partial charge in [0.15, 0.2) is 0 Å². The summed E-state index contributed by atoms with van der Waals surface area (Å²) in [5.74, 6) is 1.59. The third-order valence-corrected chi connectivity index (χ3v) is 5.11. The van der Waals surface area contributed by atoms with E-state index >= 15 is 0 Å². The molecular formula is C20H23BrN2O2. The standard InChI is InChI=1S/C20H23BrN2O2/c1-24-16-10-6-11-17(25-2)18(16)20-14(7-3-4-12-22)13-8-5-9-15(21)19(13)23-20/h5-6,8-11,23H,3-4,7,12,22H2,1-2H3. The van der Waals surface area contributed by atoms with E-state index in [2.05, 4.69) is 33.0 Å². The molecule has 0 saturated carbocycles. The molecule has 0 unspecified atom stereocenters. The number of aryl methyl sites for hydroxylation is 1. The molecule has 1 aromatic heterocycles. The molecule has 3 rings (SSSR count). The lowest BCUT2D eigenvalue weighted by molar-refractivity contribution is 0.397. The molecule has 0 aliphatic heterocycles. The number of H-pyrrole nitrogens is 1. The molecule has 0 aliphatic carbocycles. The molecule has 0 atom stereocenters. The highest BCUT2D eigenvalue weighted by molar-refractivity contribution is 9.10. The Balaban J connectivity index is 2.25. The minimum atomic E-state index is 0.708. The number of unbranched alkanes of at least 4 members (excludes halogenated alkanes) is 1. The Morgan fingerprint density at radius 3 is 2.32 bits per heavy atom. The first-order valence-electron chi connectivity index (χ1n) is 8.41. The van der Waals surface area contributed by atoms with Crippen molar-refractivity contribution in [2.45, 2.75) is 19.3 Å². The Morgan fingerprint density at radius 1 is 1.00 bits per heavy atom. The number of halogens is 1. The van der Waals surface area contributed by atoms with Crippen LogP contribution in [0.1, 0.15) is 18.4 Å². The highest BCUT2D eigenvalue weighted by atomic mass is 79.9. The van der Waals surface area contributed by atoms with Crippen LogP contribution in [0.3, 0.4) is 0 Å². The van der Waals surface area contributed by atoms with Gasteiger partial charge in [0, 0.05) is 9.86 Å². The molecule has 0 bridgehead atoms. The summed E-state index contributed by atoms with van der Waals surface area (Å²) in [5, 5.41) is 1.22. The summed E-state index contributed by atoms with van der Waals surface area (Å²) >= 11 is 3.66. The number of hydrogen-bond donors (Lipinski definition) is 2. The van der Waals surface area contributed by atoms with Gasteiger partial charge in [-0.2, -0.15) is 0 Å². The van der Waals surface area contributed by atoms with Gasteiger partial charge in [0.05, 0.1) is 31.0 Å². The monoisotopic (exact) mass is 402 g/mol. The van der Waals surface area contributed by atoms with Gasteiger partial charge >= 0.3 is 0 Å². The highest BCUT2D eigenvalue weighted by Crippen LogP contribution is 2.43. The highest BCUT2D eigenvalue weighted by Gasteiger charge is 2.20. The number of rotatable bonds is 7. The Bertz CT molecular complexity index is 851. The lowest BCUT2D eigenvalue weighted by atomic mass is 9.99. The summed E-state index contributed by atoms with van der Waals surface area (Å²) in [4.78, 5) is 3.59. The van der Waals surface area contributed by atoms with Gasteiger partial charge in [0.25, 0.3) is 0 Å². The summed E-state index contributed by atoms with van der Waals surface area (Å²) in [6.45, 7) is 0.708. The van der Waals surface area contributed by atoms with E-state index in [1.807, 2.05) is 24.3 Å². The third-order valence-electron chi connectivity index (χ3n) is 4.45. The van der Waals surface area contributed by atoms with Crippen LogP contribution < -0.4 is 15.2 Å². The zero-order valence-corrected chi connectivity index (χ0v) is 16.2. The number of ether oxygens (including phenoxy) is 2. The van der Waals surface area contributed by atoms with Crippen molar-refractivity contribution in [3.63, 3.8) is 0 Å². The van der Waals surface area contributed by atoms with Gasteiger partial charge in [-0.15, -0.1) is 0 Å². The summed E-state index contributed by atoms with van der Waals surface area (Å²) in [6, 6.07) is 12.1. The number of aromatic nitrogens is 1. The molecule has 0 spiro atoms. The first-order chi connectivity index (χ1) is 12.2. The van der Waals surface area contributed by atoms with Gasteiger partial charge in [-0.1, -0.05) is 18.2 Å². The second-order valence-electron chi connectivity index (χ2n) is 5.92. The van der Waals surface area contributed by atoms with Crippen LogP contribution in [0.25, 0.3) is 22.2 Å². The lowest BCUT2D eigenvalue weighted by Crippen LogP contribution is -2.00. The average molecular weight is 403 g/mol.